The summed E-state index contributed by atoms with van der Waals surface area (Å²) in [6.45, 7) is 0. The van der Waals surface area contributed by atoms with Crippen LogP contribution in [0, 0.1) is 11.7 Å². The van der Waals surface area contributed by atoms with Crippen LogP contribution in [0.2, 0.25) is 0 Å². The van der Waals surface area contributed by atoms with Crippen molar-refractivity contribution in [2.24, 2.45) is 5.92 Å². The third-order valence-corrected chi connectivity index (χ3v) is 6.06. The molecule has 1 aliphatic carbocycles. The fraction of sp³-hybridized carbons (Fsp3) is 0.350. The second-order valence-electron chi connectivity index (χ2n) is 6.84. The number of hydrogen-bond acceptors (Lipinski definition) is 3. The van der Waals surface area contributed by atoms with Gasteiger partial charge in [0, 0.05) is 11.8 Å². The molecule has 0 heterocycles. The normalized spacial score (nSPS) is 16.4. The summed E-state index contributed by atoms with van der Waals surface area (Å²) in [5.41, 5.74) is 1.29. The van der Waals surface area contributed by atoms with Crippen molar-refractivity contribution in [1.29, 1.82) is 0 Å². The van der Waals surface area contributed by atoms with Crippen LogP contribution in [0.3, 0.4) is 0 Å². The molecule has 2 aromatic carbocycles. The molecule has 1 saturated carbocycles. The van der Waals surface area contributed by atoms with Crippen LogP contribution in [0.4, 0.5) is 4.39 Å². The molecule has 0 aliphatic heterocycles. The number of rotatable bonds is 5. The number of halogens is 1. The number of benzene rings is 2. The Kier molecular flexibility index (Phi) is 5.41. The molecule has 0 unspecified atom stereocenters. The van der Waals surface area contributed by atoms with Gasteiger partial charge in [0.05, 0.1) is 10.9 Å². The van der Waals surface area contributed by atoms with Gasteiger partial charge in [-0.1, -0.05) is 25.0 Å². The van der Waals surface area contributed by atoms with Gasteiger partial charge in [-0.2, -0.15) is 0 Å². The minimum atomic E-state index is -3.30. The molecule has 0 bridgehead atoms. The van der Waals surface area contributed by atoms with E-state index in [1.807, 2.05) is 0 Å². The molecule has 2 aromatic rings. The highest BCUT2D eigenvalue weighted by Gasteiger charge is 2.28. The summed E-state index contributed by atoms with van der Waals surface area (Å²) in [5.74, 6) is -0.243. The highest BCUT2D eigenvalue weighted by atomic mass is 32.2. The van der Waals surface area contributed by atoms with Crippen LogP contribution < -0.4 is 5.32 Å². The number of sulfone groups is 1. The van der Waals surface area contributed by atoms with Crippen molar-refractivity contribution in [1.82, 2.24) is 5.32 Å². The van der Waals surface area contributed by atoms with Gasteiger partial charge in [-0.05, 0) is 60.7 Å². The van der Waals surface area contributed by atoms with Crippen molar-refractivity contribution in [2.75, 3.05) is 6.26 Å². The Morgan fingerprint density at radius 2 is 1.62 bits per heavy atom. The topological polar surface area (TPSA) is 63.2 Å². The molecule has 0 saturated heterocycles. The van der Waals surface area contributed by atoms with Gasteiger partial charge < -0.3 is 5.32 Å². The molecule has 4 nitrogen and oxygen atoms in total. The maximum Gasteiger partial charge on any atom is 0.251 e. The number of amides is 1. The maximum atomic E-state index is 13.3. The summed E-state index contributed by atoms with van der Waals surface area (Å²) in [7, 11) is -3.30. The molecule has 1 N–H and O–H groups in total. The van der Waals surface area contributed by atoms with E-state index in [1.165, 1.54) is 36.4 Å². The van der Waals surface area contributed by atoms with Gasteiger partial charge in [-0.15, -0.1) is 0 Å². The van der Waals surface area contributed by atoms with Gasteiger partial charge >= 0.3 is 0 Å². The summed E-state index contributed by atoms with van der Waals surface area (Å²) < 4.78 is 36.3. The Morgan fingerprint density at radius 3 is 2.15 bits per heavy atom. The Labute approximate surface area is 153 Å². The smallest absolute Gasteiger partial charge is 0.251 e. The number of nitrogens with one attached hydrogen (secondary N) is 1. The average Bonchev–Trinajstić information content (AvgIpc) is 3.14. The molecule has 138 valence electrons. The highest BCUT2D eigenvalue weighted by Crippen LogP contribution is 2.36. The van der Waals surface area contributed by atoms with Crippen molar-refractivity contribution in [3.05, 3.63) is 65.5 Å². The van der Waals surface area contributed by atoms with Crippen LogP contribution in [0.1, 0.15) is 47.6 Å². The van der Waals surface area contributed by atoms with Gasteiger partial charge in [0.2, 0.25) is 0 Å². The van der Waals surface area contributed by atoms with Gasteiger partial charge in [-0.3, -0.25) is 4.79 Å². The molecule has 1 amide bonds. The summed E-state index contributed by atoms with van der Waals surface area (Å²) in [6.07, 6.45) is 5.43. The molecule has 1 fully saturated rings. The molecule has 6 heteroatoms. The summed E-state index contributed by atoms with van der Waals surface area (Å²) in [5, 5.41) is 3.06. The largest absolute Gasteiger partial charge is 0.345 e. The van der Waals surface area contributed by atoms with E-state index in [9.17, 15) is 17.6 Å². The third kappa shape index (κ3) is 4.30. The number of hydrogen-bond donors (Lipinski definition) is 1. The fourth-order valence-corrected chi connectivity index (χ4v) is 4.14. The SMILES string of the molecule is CS(=O)(=O)c1ccc(C(=O)N[C@H](c2ccc(F)cc2)C2CCCC2)cc1. The lowest BCUT2D eigenvalue weighted by Gasteiger charge is -2.25. The summed E-state index contributed by atoms with van der Waals surface area (Å²) in [4.78, 5) is 12.9. The lowest BCUT2D eigenvalue weighted by molar-refractivity contribution is 0.0921. The number of carbonyl (C=O) groups excluding carboxylic acids is 1. The third-order valence-electron chi connectivity index (χ3n) is 4.93. The van der Waals surface area contributed by atoms with Crippen molar-refractivity contribution in [3.8, 4) is 0 Å². The summed E-state index contributed by atoms with van der Waals surface area (Å²) >= 11 is 0. The van der Waals surface area contributed by atoms with Crippen LogP contribution in [0.5, 0.6) is 0 Å². The highest BCUT2D eigenvalue weighted by molar-refractivity contribution is 7.90. The van der Waals surface area contributed by atoms with E-state index in [2.05, 4.69) is 5.32 Å². The monoisotopic (exact) mass is 375 g/mol. The van der Waals surface area contributed by atoms with Crippen molar-refractivity contribution in [2.45, 2.75) is 36.6 Å². The molecule has 0 aromatic heterocycles. The number of carbonyl (C=O) groups is 1. The lowest BCUT2D eigenvalue weighted by atomic mass is 9.91. The zero-order chi connectivity index (χ0) is 18.7. The lowest BCUT2D eigenvalue weighted by Crippen LogP contribution is -2.32. The zero-order valence-corrected chi connectivity index (χ0v) is 15.4. The van der Waals surface area contributed by atoms with E-state index < -0.39 is 9.84 Å². The molecule has 3 rings (SSSR count). The van der Waals surface area contributed by atoms with Gasteiger partial charge in [-0.25, -0.2) is 12.8 Å². The van der Waals surface area contributed by atoms with Crippen LogP contribution in [-0.4, -0.2) is 20.6 Å². The van der Waals surface area contributed by atoms with E-state index in [4.69, 9.17) is 0 Å². The van der Waals surface area contributed by atoms with Crippen molar-refractivity contribution >= 4 is 15.7 Å². The first kappa shape index (κ1) is 18.6. The molecule has 1 aliphatic rings. The van der Waals surface area contributed by atoms with Crippen LogP contribution in [-0.2, 0) is 9.84 Å². The van der Waals surface area contributed by atoms with Crippen LogP contribution >= 0.6 is 0 Å². The molecular formula is C20H22FNO3S. The molecule has 1 atom stereocenters. The van der Waals surface area contributed by atoms with E-state index in [1.54, 1.807) is 12.1 Å². The second kappa shape index (κ2) is 7.58. The van der Waals surface area contributed by atoms with Gasteiger partial charge in [0.25, 0.3) is 5.91 Å². The van der Waals surface area contributed by atoms with E-state index in [-0.39, 0.29) is 22.7 Å². The van der Waals surface area contributed by atoms with Crippen molar-refractivity contribution in [3.63, 3.8) is 0 Å². The molecular weight excluding hydrogens is 353 g/mol. The fourth-order valence-electron chi connectivity index (χ4n) is 3.51. The second-order valence-corrected chi connectivity index (χ2v) is 8.86. The average molecular weight is 375 g/mol. The van der Waals surface area contributed by atoms with E-state index in [0.29, 0.717) is 11.5 Å². The minimum Gasteiger partial charge on any atom is -0.345 e. The Hall–Kier alpha value is -2.21. The van der Waals surface area contributed by atoms with E-state index in [0.717, 1.165) is 37.5 Å². The first-order chi connectivity index (χ1) is 12.3. The summed E-state index contributed by atoms with van der Waals surface area (Å²) in [6, 6.07) is 12.0. The van der Waals surface area contributed by atoms with Crippen LogP contribution in [0.15, 0.2) is 53.4 Å². The molecule has 26 heavy (non-hydrogen) atoms. The Morgan fingerprint density at radius 1 is 1.04 bits per heavy atom. The Bertz CT molecular complexity index is 870. The first-order valence-electron chi connectivity index (χ1n) is 8.71. The standard InChI is InChI=1S/C20H22FNO3S/c1-26(24,25)18-12-8-16(9-13-18)20(23)22-19(14-4-2-3-5-14)15-6-10-17(21)11-7-15/h6-14,19H,2-5H2,1H3,(H,22,23)/t19-/m0/s1. The van der Waals surface area contributed by atoms with Gasteiger partial charge in [0.15, 0.2) is 9.84 Å². The quantitative estimate of drug-likeness (QED) is 0.862. The first-order valence-corrected chi connectivity index (χ1v) is 10.6. The zero-order valence-electron chi connectivity index (χ0n) is 14.6. The van der Waals surface area contributed by atoms with Crippen LogP contribution in [0.25, 0.3) is 0 Å². The van der Waals surface area contributed by atoms with E-state index >= 15 is 0 Å². The minimum absolute atomic E-state index is 0.180. The Balaban J connectivity index is 1.81. The predicted octanol–water partition coefficient (Wildman–Crippen LogP) is 3.89. The maximum absolute atomic E-state index is 13.3. The predicted molar refractivity (Wildman–Crippen MR) is 98.1 cm³/mol. The molecule has 0 radical (unpaired) electrons. The molecule has 0 spiro atoms. The van der Waals surface area contributed by atoms with Gasteiger partial charge in [0.1, 0.15) is 5.82 Å². The van der Waals surface area contributed by atoms with Crippen molar-refractivity contribution < 1.29 is 17.6 Å².